The largest absolute Gasteiger partial charge is 0.395 e. The van der Waals surface area contributed by atoms with E-state index >= 15 is 0 Å². The summed E-state index contributed by atoms with van der Waals surface area (Å²) in [7, 11) is 0. The number of aliphatic hydroxyl groups excluding tert-OH is 1. The topological polar surface area (TPSA) is 50.5 Å². The maximum atomic E-state index is 8.58. The summed E-state index contributed by atoms with van der Waals surface area (Å²) in [6, 6.07) is 0. The zero-order valence-corrected chi connectivity index (χ0v) is 6.08. The van der Waals surface area contributed by atoms with E-state index in [2.05, 4.69) is 4.90 Å². The summed E-state index contributed by atoms with van der Waals surface area (Å²) in [4.78, 5) is 2.17. The lowest BCUT2D eigenvalue weighted by atomic mass is 10.3. The van der Waals surface area contributed by atoms with Crippen molar-refractivity contribution in [3.8, 4) is 0 Å². The van der Waals surface area contributed by atoms with Gasteiger partial charge in [0.05, 0.1) is 6.61 Å². The number of rotatable bonds is 2. The summed E-state index contributed by atoms with van der Waals surface area (Å²) in [6.07, 6.45) is 0. The molecule has 0 atom stereocenters. The van der Waals surface area contributed by atoms with E-state index in [4.69, 9.17) is 10.9 Å². The van der Waals surface area contributed by atoms with Crippen LogP contribution in [0.4, 0.5) is 0 Å². The Morgan fingerprint density at radius 1 is 1.20 bits per heavy atom. The standard InChI is InChI=1S/C6H14N3O/c7-9-3-1-8(2-4-9)5-6-10/h7,10H,1-6H2. The Bertz CT molecular complexity index is 91.0. The van der Waals surface area contributed by atoms with Crippen molar-refractivity contribution in [2.75, 3.05) is 39.3 Å². The van der Waals surface area contributed by atoms with Crippen LogP contribution in [0.1, 0.15) is 0 Å². The molecule has 1 aliphatic rings. The molecule has 1 fully saturated rings. The minimum absolute atomic E-state index is 0.234. The number of piperazine rings is 1. The molecule has 10 heavy (non-hydrogen) atoms. The smallest absolute Gasteiger partial charge is 0.0558 e. The van der Waals surface area contributed by atoms with Gasteiger partial charge in [0.25, 0.3) is 0 Å². The highest BCUT2D eigenvalue weighted by atomic mass is 16.3. The predicted octanol–water partition coefficient (Wildman–Crippen LogP) is -1.21. The molecule has 1 heterocycles. The van der Waals surface area contributed by atoms with Gasteiger partial charge >= 0.3 is 0 Å². The van der Waals surface area contributed by atoms with Crippen molar-refractivity contribution < 1.29 is 5.11 Å². The number of nitrogens with zero attached hydrogens (tertiary/aromatic N) is 2. The third-order valence-electron chi connectivity index (χ3n) is 1.79. The maximum absolute atomic E-state index is 8.58. The van der Waals surface area contributed by atoms with Crippen LogP contribution in [0.5, 0.6) is 0 Å². The molecule has 2 N–H and O–H groups in total. The number of β-amino-alcohol motifs (C(OH)–C–C–N with tert-alkyl or cyclic N) is 1. The first-order valence-electron chi connectivity index (χ1n) is 3.62. The molecule has 0 spiro atoms. The van der Waals surface area contributed by atoms with E-state index in [1.54, 1.807) is 5.01 Å². The van der Waals surface area contributed by atoms with Gasteiger partial charge in [-0.05, 0) is 0 Å². The quantitative estimate of drug-likeness (QED) is 0.529. The van der Waals surface area contributed by atoms with Gasteiger partial charge in [0, 0.05) is 32.7 Å². The molecule has 0 saturated carbocycles. The summed E-state index contributed by atoms with van der Waals surface area (Å²) in [5.41, 5.74) is 0. The summed E-state index contributed by atoms with van der Waals surface area (Å²) in [5, 5.41) is 10.1. The second-order valence-electron chi connectivity index (χ2n) is 2.55. The van der Waals surface area contributed by atoms with Crippen LogP contribution >= 0.6 is 0 Å². The molecule has 0 aromatic heterocycles. The SMILES string of the molecule is [NH]N1CCN(CCO)CC1. The number of nitrogens with one attached hydrogen (secondary N) is 1. The lowest BCUT2D eigenvalue weighted by Crippen LogP contribution is -2.46. The van der Waals surface area contributed by atoms with Gasteiger partial charge in [0.15, 0.2) is 0 Å². The van der Waals surface area contributed by atoms with Crippen LogP contribution in [-0.2, 0) is 0 Å². The molecule has 0 bridgehead atoms. The van der Waals surface area contributed by atoms with E-state index in [9.17, 15) is 0 Å². The van der Waals surface area contributed by atoms with Crippen molar-refractivity contribution in [3.63, 3.8) is 0 Å². The van der Waals surface area contributed by atoms with Crippen molar-refractivity contribution >= 4 is 0 Å². The summed E-state index contributed by atoms with van der Waals surface area (Å²) >= 11 is 0. The fraction of sp³-hybridized carbons (Fsp3) is 1.00. The molecule has 0 aliphatic carbocycles. The third-order valence-corrected chi connectivity index (χ3v) is 1.79. The second kappa shape index (κ2) is 3.88. The molecule has 4 nitrogen and oxygen atoms in total. The van der Waals surface area contributed by atoms with Crippen molar-refractivity contribution in [2.45, 2.75) is 0 Å². The van der Waals surface area contributed by atoms with E-state index in [1.165, 1.54) is 0 Å². The highest BCUT2D eigenvalue weighted by Crippen LogP contribution is 1.96. The van der Waals surface area contributed by atoms with Gasteiger partial charge in [0.2, 0.25) is 0 Å². The minimum atomic E-state index is 0.234. The van der Waals surface area contributed by atoms with Crippen molar-refractivity contribution in [3.05, 3.63) is 0 Å². The van der Waals surface area contributed by atoms with Gasteiger partial charge in [0.1, 0.15) is 0 Å². The second-order valence-corrected chi connectivity index (χ2v) is 2.55. The first-order chi connectivity index (χ1) is 4.83. The van der Waals surface area contributed by atoms with Gasteiger partial charge < -0.3 is 5.11 Å². The highest BCUT2D eigenvalue weighted by molar-refractivity contribution is 4.66. The Balaban J connectivity index is 2.13. The van der Waals surface area contributed by atoms with Gasteiger partial charge in [-0.2, -0.15) is 5.84 Å². The van der Waals surface area contributed by atoms with Crippen molar-refractivity contribution in [2.24, 2.45) is 0 Å². The maximum Gasteiger partial charge on any atom is 0.0558 e. The van der Waals surface area contributed by atoms with E-state index in [0.717, 1.165) is 32.7 Å². The third kappa shape index (κ3) is 2.22. The lowest BCUT2D eigenvalue weighted by Gasteiger charge is -2.30. The Hall–Kier alpha value is -0.160. The molecular weight excluding hydrogens is 130 g/mol. The first-order valence-corrected chi connectivity index (χ1v) is 3.62. The first kappa shape index (κ1) is 7.94. The van der Waals surface area contributed by atoms with Gasteiger partial charge in [-0.25, -0.2) is 5.01 Å². The van der Waals surface area contributed by atoms with Crippen molar-refractivity contribution in [1.82, 2.24) is 15.8 Å². The zero-order valence-electron chi connectivity index (χ0n) is 6.08. The van der Waals surface area contributed by atoms with E-state index < -0.39 is 0 Å². The summed E-state index contributed by atoms with van der Waals surface area (Å²) in [5.74, 6) is 7.24. The molecule has 1 saturated heterocycles. The van der Waals surface area contributed by atoms with Gasteiger partial charge in [-0.1, -0.05) is 0 Å². The minimum Gasteiger partial charge on any atom is -0.395 e. The predicted molar refractivity (Wildman–Crippen MR) is 38.2 cm³/mol. The number of hydrogen-bond donors (Lipinski definition) is 1. The van der Waals surface area contributed by atoms with Gasteiger partial charge in [-0.15, -0.1) is 0 Å². The van der Waals surface area contributed by atoms with Crippen LogP contribution in [0, 0.1) is 0 Å². The van der Waals surface area contributed by atoms with Crippen LogP contribution in [0.15, 0.2) is 0 Å². The Morgan fingerprint density at radius 2 is 1.80 bits per heavy atom. The number of hydrogen-bond acceptors (Lipinski definition) is 3. The molecular formula is C6H14N3O. The molecule has 0 aromatic carbocycles. The Labute approximate surface area is 61.2 Å². The Morgan fingerprint density at radius 3 is 2.30 bits per heavy atom. The van der Waals surface area contributed by atoms with Crippen LogP contribution < -0.4 is 5.84 Å². The van der Waals surface area contributed by atoms with E-state index in [0.29, 0.717) is 0 Å². The molecule has 1 radical (unpaired) electrons. The average molecular weight is 144 g/mol. The molecule has 0 aromatic rings. The van der Waals surface area contributed by atoms with Gasteiger partial charge in [-0.3, -0.25) is 4.90 Å². The average Bonchev–Trinajstić information content (AvgIpc) is 1.95. The zero-order chi connectivity index (χ0) is 7.40. The molecule has 4 heteroatoms. The monoisotopic (exact) mass is 144 g/mol. The van der Waals surface area contributed by atoms with Crippen molar-refractivity contribution in [1.29, 1.82) is 0 Å². The fourth-order valence-corrected chi connectivity index (χ4v) is 1.11. The molecule has 1 rings (SSSR count). The Kier molecular flexibility index (Phi) is 3.08. The van der Waals surface area contributed by atoms with Crippen LogP contribution in [-0.4, -0.2) is 54.3 Å². The molecule has 0 unspecified atom stereocenters. The van der Waals surface area contributed by atoms with Crippen LogP contribution in [0.2, 0.25) is 0 Å². The normalized spacial score (nSPS) is 23.4. The molecule has 59 valence electrons. The highest BCUT2D eigenvalue weighted by Gasteiger charge is 2.12. The van der Waals surface area contributed by atoms with E-state index in [-0.39, 0.29) is 6.61 Å². The molecule has 0 amide bonds. The fourth-order valence-electron chi connectivity index (χ4n) is 1.11. The summed E-state index contributed by atoms with van der Waals surface area (Å²) in [6.45, 7) is 4.44. The van der Waals surface area contributed by atoms with Crippen LogP contribution in [0.25, 0.3) is 0 Å². The van der Waals surface area contributed by atoms with Crippen LogP contribution in [0.3, 0.4) is 0 Å². The number of aliphatic hydroxyl groups is 1. The lowest BCUT2D eigenvalue weighted by molar-refractivity contribution is 0.107. The molecule has 1 aliphatic heterocycles. The summed E-state index contributed by atoms with van der Waals surface area (Å²) < 4.78 is 0. The van der Waals surface area contributed by atoms with E-state index in [1.807, 2.05) is 0 Å².